The van der Waals surface area contributed by atoms with Gasteiger partial charge in [0.15, 0.2) is 0 Å². The molecule has 0 spiro atoms. The van der Waals surface area contributed by atoms with Crippen molar-refractivity contribution in [2.75, 3.05) is 13.2 Å². The minimum absolute atomic E-state index is 0.0377. The number of nitrogens with one attached hydrogen (secondary N) is 1. The summed E-state index contributed by atoms with van der Waals surface area (Å²) in [6, 6.07) is 13.8. The Balaban J connectivity index is 1.80. The van der Waals surface area contributed by atoms with Crippen LogP contribution in [0.3, 0.4) is 0 Å². The largest absolute Gasteiger partial charge is 0.396 e. The van der Waals surface area contributed by atoms with Gasteiger partial charge in [0.2, 0.25) is 5.91 Å². The maximum atomic E-state index is 12.0. The summed E-state index contributed by atoms with van der Waals surface area (Å²) in [5.41, 5.74) is 2.26. The number of aliphatic hydroxyl groups is 1. The van der Waals surface area contributed by atoms with E-state index in [0.717, 1.165) is 11.1 Å². The molecule has 2 rings (SSSR count). The first-order valence-electron chi connectivity index (χ1n) is 7.61. The number of aliphatic hydroxyl groups excluding tert-OH is 1. The van der Waals surface area contributed by atoms with Gasteiger partial charge in [0.05, 0.1) is 0 Å². The standard InChI is InChI=1S/C18H22N2O2/c21-13-10-17(16-4-2-1-3-5-16)14-20-18(22)7-6-15-8-11-19-12-9-15/h1-5,8-9,11-12,17,21H,6-7,10,13-14H2,(H,20,22). The van der Waals surface area contributed by atoms with Gasteiger partial charge < -0.3 is 10.4 Å². The highest BCUT2D eigenvalue weighted by atomic mass is 16.3. The number of hydrogen-bond acceptors (Lipinski definition) is 3. The number of carbonyl (C=O) groups excluding carboxylic acids is 1. The predicted octanol–water partition coefficient (Wildman–Crippen LogP) is 2.30. The van der Waals surface area contributed by atoms with E-state index in [-0.39, 0.29) is 18.4 Å². The molecule has 1 aromatic heterocycles. The highest BCUT2D eigenvalue weighted by Gasteiger charge is 2.12. The zero-order valence-corrected chi connectivity index (χ0v) is 12.6. The Bertz CT molecular complexity index is 558. The van der Waals surface area contributed by atoms with Crippen molar-refractivity contribution in [3.63, 3.8) is 0 Å². The van der Waals surface area contributed by atoms with Crippen LogP contribution in [0.5, 0.6) is 0 Å². The van der Waals surface area contributed by atoms with E-state index in [1.807, 2.05) is 42.5 Å². The predicted molar refractivity (Wildman–Crippen MR) is 86.5 cm³/mol. The first kappa shape index (κ1) is 16.2. The number of rotatable bonds is 8. The molecule has 1 amide bonds. The smallest absolute Gasteiger partial charge is 0.220 e. The summed E-state index contributed by atoms with van der Waals surface area (Å²) in [5, 5.41) is 12.2. The van der Waals surface area contributed by atoms with Crippen LogP contribution < -0.4 is 5.32 Å². The van der Waals surface area contributed by atoms with Crippen LogP contribution in [0.4, 0.5) is 0 Å². The molecule has 1 atom stereocenters. The fourth-order valence-electron chi connectivity index (χ4n) is 2.40. The minimum Gasteiger partial charge on any atom is -0.396 e. The fourth-order valence-corrected chi connectivity index (χ4v) is 2.40. The SMILES string of the molecule is O=C(CCc1ccncc1)NCC(CCO)c1ccccc1. The molecular formula is C18H22N2O2. The maximum absolute atomic E-state index is 12.0. The Kier molecular flexibility index (Phi) is 6.58. The van der Waals surface area contributed by atoms with E-state index >= 15 is 0 Å². The lowest BCUT2D eigenvalue weighted by molar-refractivity contribution is -0.121. The highest BCUT2D eigenvalue weighted by Crippen LogP contribution is 2.18. The molecule has 0 bridgehead atoms. The summed E-state index contributed by atoms with van der Waals surface area (Å²) < 4.78 is 0. The lowest BCUT2D eigenvalue weighted by atomic mass is 9.96. The van der Waals surface area contributed by atoms with E-state index in [4.69, 9.17) is 0 Å². The van der Waals surface area contributed by atoms with Crippen LogP contribution in [0.1, 0.15) is 29.9 Å². The molecule has 22 heavy (non-hydrogen) atoms. The highest BCUT2D eigenvalue weighted by molar-refractivity contribution is 5.76. The van der Waals surface area contributed by atoms with Gasteiger partial charge in [0.1, 0.15) is 0 Å². The summed E-state index contributed by atoms with van der Waals surface area (Å²) in [4.78, 5) is 15.9. The summed E-state index contributed by atoms with van der Waals surface area (Å²) >= 11 is 0. The number of pyridine rings is 1. The molecule has 0 aliphatic rings. The monoisotopic (exact) mass is 298 g/mol. The molecule has 0 aliphatic carbocycles. The van der Waals surface area contributed by atoms with Gasteiger partial charge in [0, 0.05) is 37.9 Å². The Hall–Kier alpha value is -2.20. The van der Waals surface area contributed by atoms with Crippen molar-refractivity contribution < 1.29 is 9.90 Å². The topological polar surface area (TPSA) is 62.2 Å². The molecule has 116 valence electrons. The average Bonchev–Trinajstić information content (AvgIpc) is 2.58. The van der Waals surface area contributed by atoms with Crippen LogP contribution in [-0.2, 0) is 11.2 Å². The molecule has 2 aromatic rings. The van der Waals surface area contributed by atoms with Crippen molar-refractivity contribution >= 4 is 5.91 Å². The lowest BCUT2D eigenvalue weighted by Gasteiger charge is -2.17. The summed E-state index contributed by atoms with van der Waals surface area (Å²) in [5.74, 6) is 0.187. The maximum Gasteiger partial charge on any atom is 0.220 e. The van der Waals surface area contributed by atoms with Gasteiger partial charge in [-0.15, -0.1) is 0 Å². The van der Waals surface area contributed by atoms with E-state index in [1.165, 1.54) is 0 Å². The van der Waals surface area contributed by atoms with E-state index in [0.29, 0.717) is 25.8 Å². The molecule has 0 fully saturated rings. The molecule has 4 nitrogen and oxygen atoms in total. The third-order valence-electron chi connectivity index (χ3n) is 3.68. The van der Waals surface area contributed by atoms with Gasteiger partial charge in [-0.2, -0.15) is 0 Å². The van der Waals surface area contributed by atoms with Gasteiger partial charge >= 0.3 is 0 Å². The second-order valence-corrected chi connectivity index (χ2v) is 5.28. The van der Waals surface area contributed by atoms with Crippen LogP contribution in [0.2, 0.25) is 0 Å². The molecule has 0 saturated heterocycles. The molecule has 2 N–H and O–H groups in total. The zero-order valence-electron chi connectivity index (χ0n) is 12.6. The van der Waals surface area contributed by atoms with Gasteiger partial charge in [-0.1, -0.05) is 30.3 Å². The third kappa shape index (κ3) is 5.30. The molecule has 1 heterocycles. The van der Waals surface area contributed by atoms with E-state index in [2.05, 4.69) is 10.3 Å². The van der Waals surface area contributed by atoms with Crippen molar-refractivity contribution in [2.45, 2.75) is 25.2 Å². The second-order valence-electron chi connectivity index (χ2n) is 5.28. The van der Waals surface area contributed by atoms with Gasteiger partial charge in [-0.3, -0.25) is 9.78 Å². The quantitative estimate of drug-likeness (QED) is 0.786. The van der Waals surface area contributed by atoms with E-state index < -0.39 is 0 Å². The molecular weight excluding hydrogens is 276 g/mol. The first-order valence-corrected chi connectivity index (χ1v) is 7.61. The van der Waals surface area contributed by atoms with Crippen molar-refractivity contribution in [3.8, 4) is 0 Å². The number of aryl methyl sites for hydroxylation is 1. The molecule has 1 unspecified atom stereocenters. The lowest BCUT2D eigenvalue weighted by Crippen LogP contribution is -2.29. The Labute approximate surface area is 131 Å². The summed E-state index contributed by atoms with van der Waals surface area (Å²) in [6.45, 7) is 0.673. The van der Waals surface area contributed by atoms with Crippen molar-refractivity contribution in [1.82, 2.24) is 10.3 Å². The normalized spacial score (nSPS) is 11.9. The average molecular weight is 298 g/mol. The molecule has 4 heteroatoms. The number of benzene rings is 1. The molecule has 0 radical (unpaired) electrons. The Morgan fingerprint density at radius 3 is 2.55 bits per heavy atom. The number of aromatic nitrogens is 1. The van der Waals surface area contributed by atoms with E-state index in [9.17, 15) is 9.90 Å². The molecule has 1 aromatic carbocycles. The number of carbonyl (C=O) groups is 1. The second kappa shape index (κ2) is 8.95. The van der Waals surface area contributed by atoms with Gasteiger partial charge in [-0.25, -0.2) is 0 Å². The van der Waals surface area contributed by atoms with Crippen LogP contribution in [0, 0.1) is 0 Å². The van der Waals surface area contributed by atoms with Crippen molar-refractivity contribution in [2.24, 2.45) is 0 Å². The number of hydrogen-bond donors (Lipinski definition) is 2. The number of amides is 1. The van der Waals surface area contributed by atoms with E-state index in [1.54, 1.807) is 12.4 Å². The van der Waals surface area contributed by atoms with Crippen LogP contribution >= 0.6 is 0 Å². The third-order valence-corrected chi connectivity index (χ3v) is 3.68. The zero-order chi connectivity index (χ0) is 15.6. The van der Waals surface area contributed by atoms with Crippen molar-refractivity contribution in [1.29, 1.82) is 0 Å². The van der Waals surface area contributed by atoms with Crippen LogP contribution in [0.15, 0.2) is 54.9 Å². The van der Waals surface area contributed by atoms with Crippen LogP contribution in [0.25, 0.3) is 0 Å². The molecule has 0 saturated carbocycles. The Morgan fingerprint density at radius 2 is 1.86 bits per heavy atom. The van der Waals surface area contributed by atoms with Crippen LogP contribution in [-0.4, -0.2) is 29.1 Å². The Morgan fingerprint density at radius 1 is 1.14 bits per heavy atom. The summed E-state index contributed by atoms with van der Waals surface area (Å²) in [7, 11) is 0. The number of nitrogens with zero attached hydrogens (tertiary/aromatic N) is 1. The fraction of sp³-hybridized carbons (Fsp3) is 0.333. The molecule has 0 aliphatic heterocycles. The first-order chi connectivity index (χ1) is 10.8. The minimum atomic E-state index is 0.0377. The van der Waals surface area contributed by atoms with Gasteiger partial charge in [0.25, 0.3) is 0 Å². The van der Waals surface area contributed by atoms with Gasteiger partial charge in [-0.05, 0) is 36.1 Å². The van der Waals surface area contributed by atoms with Crippen molar-refractivity contribution in [3.05, 3.63) is 66.0 Å². The summed E-state index contributed by atoms with van der Waals surface area (Å²) in [6.07, 6.45) is 5.30.